The first-order chi connectivity index (χ1) is 7.29. The second-order valence-corrected chi connectivity index (χ2v) is 3.56. The van der Waals surface area contributed by atoms with Crippen molar-refractivity contribution in [3.05, 3.63) is 0 Å². The Labute approximate surface area is 94.8 Å². The molecule has 0 saturated carbocycles. The molecule has 1 fully saturated rings. The van der Waals surface area contributed by atoms with Crippen LogP contribution in [0.1, 0.15) is 0 Å². The van der Waals surface area contributed by atoms with Crippen molar-refractivity contribution in [2.24, 2.45) is 0 Å². The van der Waals surface area contributed by atoms with Crippen LogP contribution < -0.4 is 5.43 Å². The van der Waals surface area contributed by atoms with Crippen molar-refractivity contribution in [1.82, 2.24) is 15.3 Å². The lowest BCUT2D eigenvalue weighted by Crippen LogP contribution is -2.46. The highest BCUT2D eigenvalue weighted by atomic mass is 32.1. The number of rotatable bonds is 4. The van der Waals surface area contributed by atoms with Gasteiger partial charge in [-0.25, -0.2) is 5.43 Å². The maximum Gasteiger partial charge on any atom is 0.402 e. The van der Waals surface area contributed by atoms with E-state index in [1.54, 1.807) is 0 Å². The minimum absolute atomic E-state index is 0.0756. The summed E-state index contributed by atoms with van der Waals surface area (Å²) in [5, 5.41) is 9.72. The maximum atomic E-state index is 11.9. The molecule has 16 heavy (non-hydrogen) atoms. The van der Waals surface area contributed by atoms with Crippen LogP contribution in [0.15, 0.2) is 0 Å². The quantitative estimate of drug-likeness (QED) is 0.694. The maximum absolute atomic E-state index is 11.9. The Morgan fingerprint density at radius 3 is 2.62 bits per heavy atom. The number of nitrogens with zero attached hydrogens (tertiary/aromatic N) is 2. The van der Waals surface area contributed by atoms with Crippen LogP contribution in [0.3, 0.4) is 0 Å². The molecule has 0 aromatic rings. The standard InChI is InChI=1S/C7H10F3N3O2S/c8-7(9,10)4-11-13-2-1-12(6(13)16)3-5(14)15/h11H,1-4H2,(H,14,15). The first-order valence-corrected chi connectivity index (χ1v) is 4.79. The molecule has 1 heterocycles. The fourth-order valence-corrected chi connectivity index (χ4v) is 1.54. The molecule has 0 unspecified atom stereocenters. The Morgan fingerprint density at radius 2 is 2.12 bits per heavy atom. The molecule has 1 saturated heterocycles. The van der Waals surface area contributed by atoms with E-state index in [4.69, 9.17) is 17.3 Å². The highest BCUT2D eigenvalue weighted by Gasteiger charge is 2.31. The topological polar surface area (TPSA) is 55.8 Å². The van der Waals surface area contributed by atoms with E-state index in [0.29, 0.717) is 6.54 Å². The monoisotopic (exact) mass is 257 g/mol. The van der Waals surface area contributed by atoms with E-state index in [1.807, 2.05) is 0 Å². The summed E-state index contributed by atoms with van der Waals surface area (Å²) in [4.78, 5) is 11.7. The average Bonchev–Trinajstić information content (AvgIpc) is 2.43. The predicted octanol–water partition coefficient (Wildman–Crippen LogP) is 0.0404. The summed E-state index contributed by atoms with van der Waals surface area (Å²) in [5.41, 5.74) is 2.11. The Bertz CT molecular complexity index is 297. The molecule has 0 aromatic carbocycles. The van der Waals surface area contributed by atoms with Gasteiger partial charge in [-0.15, -0.1) is 0 Å². The SMILES string of the molecule is O=C(O)CN1CCN(NCC(F)(F)F)C1=S. The van der Waals surface area contributed by atoms with E-state index < -0.39 is 18.7 Å². The third kappa shape index (κ3) is 3.81. The number of carboxylic acids is 1. The molecule has 0 aromatic heterocycles. The van der Waals surface area contributed by atoms with E-state index in [-0.39, 0.29) is 18.2 Å². The number of alkyl halides is 3. The van der Waals surface area contributed by atoms with Crippen LogP contribution in [0.4, 0.5) is 13.2 Å². The highest BCUT2D eigenvalue weighted by molar-refractivity contribution is 7.80. The molecular weight excluding hydrogens is 247 g/mol. The number of carbonyl (C=O) groups is 1. The molecule has 92 valence electrons. The van der Waals surface area contributed by atoms with Gasteiger partial charge < -0.3 is 10.0 Å². The largest absolute Gasteiger partial charge is 0.480 e. The second-order valence-electron chi connectivity index (χ2n) is 3.20. The average molecular weight is 257 g/mol. The van der Waals surface area contributed by atoms with Gasteiger partial charge in [0.2, 0.25) is 0 Å². The van der Waals surface area contributed by atoms with Crippen LogP contribution in [0.5, 0.6) is 0 Å². The van der Waals surface area contributed by atoms with Crippen molar-refractivity contribution >= 4 is 23.3 Å². The molecule has 2 N–H and O–H groups in total. The highest BCUT2D eigenvalue weighted by Crippen LogP contribution is 2.14. The number of halogens is 3. The zero-order valence-electron chi connectivity index (χ0n) is 8.12. The molecule has 0 bridgehead atoms. The van der Waals surface area contributed by atoms with E-state index in [0.717, 1.165) is 5.01 Å². The van der Waals surface area contributed by atoms with Crippen LogP contribution in [0.25, 0.3) is 0 Å². The molecule has 1 aliphatic heterocycles. The number of hydrogen-bond donors (Lipinski definition) is 2. The summed E-state index contributed by atoms with van der Waals surface area (Å²) in [6, 6.07) is 0. The first kappa shape index (κ1) is 13.0. The fraction of sp³-hybridized carbons (Fsp3) is 0.714. The van der Waals surface area contributed by atoms with Crippen molar-refractivity contribution in [2.45, 2.75) is 6.18 Å². The summed E-state index contributed by atoms with van der Waals surface area (Å²) in [7, 11) is 0. The molecule has 0 spiro atoms. The zero-order valence-corrected chi connectivity index (χ0v) is 8.94. The third-order valence-corrected chi connectivity index (χ3v) is 2.37. The molecule has 0 aliphatic carbocycles. The number of carboxylic acid groups (broad SMARTS) is 1. The lowest BCUT2D eigenvalue weighted by atomic mass is 10.5. The van der Waals surface area contributed by atoms with Gasteiger partial charge in [-0.2, -0.15) is 13.2 Å². The van der Waals surface area contributed by atoms with Crippen LogP contribution in [0, 0.1) is 0 Å². The molecule has 1 rings (SSSR count). The van der Waals surface area contributed by atoms with Gasteiger partial charge in [-0.3, -0.25) is 9.80 Å². The number of hydrogen-bond acceptors (Lipinski definition) is 3. The predicted molar refractivity (Wildman–Crippen MR) is 52.6 cm³/mol. The lowest BCUT2D eigenvalue weighted by molar-refractivity contribution is -0.137. The van der Waals surface area contributed by atoms with Crippen molar-refractivity contribution < 1.29 is 23.1 Å². The summed E-state index contributed by atoms with van der Waals surface area (Å²) in [6.07, 6.45) is -4.32. The van der Waals surface area contributed by atoms with Crippen LogP contribution in [-0.2, 0) is 4.79 Å². The fourth-order valence-electron chi connectivity index (χ4n) is 1.22. The van der Waals surface area contributed by atoms with Crippen molar-refractivity contribution in [2.75, 3.05) is 26.2 Å². The smallest absolute Gasteiger partial charge is 0.402 e. The second kappa shape index (κ2) is 4.83. The van der Waals surface area contributed by atoms with Gasteiger partial charge in [-0.05, 0) is 12.2 Å². The van der Waals surface area contributed by atoms with Gasteiger partial charge in [-0.1, -0.05) is 0 Å². The van der Waals surface area contributed by atoms with Gasteiger partial charge in [0.05, 0.1) is 6.54 Å². The number of thiocarbonyl (C=S) groups is 1. The Balaban J connectivity index is 2.42. The van der Waals surface area contributed by atoms with E-state index in [1.165, 1.54) is 4.90 Å². The van der Waals surface area contributed by atoms with Gasteiger partial charge >= 0.3 is 12.1 Å². The van der Waals surface area contributed by atoms with Crippen LogP contribution >= 0.6 is 12.2 Å². The van der Waals surface area contributed by atoms with Crippen LogP contribution in [0.2, 0.25) is 0 Å². The van der Waals surface area contributed by atoms with E-state index >= 15 is 0 Å². The van der Waals surface area contributed by atoms with Crippen LogP contribution in [-0.4, -0.2) is 58.5 Å². The molecule has 9 heteroatoms. The summed E-state index contributed by atoms with van der Waals surface area (Å²) < 4.78 is 35.7. The van der Waals surface area contributed by atoms with Gasteiger partial charge in [0.15, 0.2) is 5.11 Å². The third-order valence-electron chi connectivity index (χ3n) is 1.89. The molecule has 5 nitrogen and oxygen atoms in total. The first-order valence-electron chi connectivity index (χ1n) is 4.38. The summed E-state index contributed by atoms with van der Waals surface area (Å²) in [5.74, 6) is -1.07. The molecular formula is C7H10F3N3O2S. The molecule has 0 amide bonds. The molecule has 1 aliphatic rings. The van der Waals surface area contributed by atoms with Crippen molar-refractivity contribution in [3.8, 4) is 0 Å². The summed E-state index contributed by atoms with van der Waals surface area (Å²) >= 11 is 4.83. The van der Waals surface area contributed by atoms with Gasteiger partial charge in [0.1, 0.15) is 13.1 Å². The minimum Gasteiger partial charge on any atom is -0.480 e. The number of hydrazine groups is 1. The number of aliphatic carboxylic acids is 1. The van der Waals surface area contributed by atoms with Crippen molar-refractivity contribution in [1.29, 1.82) is 0 Å². The Hall–Kier alpha value is -1.09. The number of nitrogens with one attached hydrogen (secondary N) is 1. The Morgan fingerprint density at radius 1 is 1.50 bits per heavy atom. The zero-order chi connectivity index (χ0) is 12.3. The molecule has 0 atom stereocenters. The van der Waals surface area contributed by atoms with E-state index in [2.05, 4.69) is 5.43 Å². The summed E-state index contributed by atoms with van der Waals surface area (Å²) in [6.45, 7) is -0.949. The minimum atomic E-state index is -4.32. The normalized spacial score (nSPS) is 17.1. The molecule has 0 radical (unpaired) electrons. The van der Waals surface area contributed by atoms with E-state index in [9.17, 15) is 18.0 Å². The Kier molecular flexibility index (Phi) is 3.92. The van der Waals surface area contributed by atoms with Gasteiger partial charge in [0.25, 0.3) is 0 Å². The van der Waals surface area contributed by atoms with Gasteiger partial charge in [0, 0.05) is 6.54 Å². The lowest BCUT2D eigenvalue weighted by Gasteiger charge is -2.21. The van der Waals surface area contributed by atoms with Crippen molar-refractivity contribution in [3.63, 3.8) is 0 Å².